The van der Waals surface area contributed by atoms with Gasteiger partial charge in [0.1, 0.15) is 0 Å². The normalized spacial score (nSPS) is 15.3. The summed E-state index contributed by atoms with van der Waals surface area (Å²) in [5, 5.41) is 22.7. The topological polar surface area (TPSA) is 111 Å². The maximum Gasteiger partial charge on any atom is 0.293 e. The first-order valence-corrected chi connectivity index (χ1v) is 11.5. The second-order valence-corrected chi connectivity index (χ2v) is 8.50. The molecule has 1 aliphatic heterocycles. The monoisotopic (exact) mass is 472 g/mol. The van der Waals surface area contributed by atoms with Crippen LogP contribution in [0.15, 0.2) is 64.8 Å². The maximum atomic E-state index is 11.8. The SMILES string of the molecule is C/C(=N\O)C(Cc1ccc(C#Cc2ccc(CN3CCOCC3)cc2)cc1)c1nc[nH]c(=O)c1O. The number of morpholine rings is 1. The van der Waals surface area contributed by atoms with E-state index >= 15 is 0 Å². The summed E-state index contributed by atoms with van der Waals surface area (Å²) in [7, 11) is 0. The van der Waals surface area contributed by atoms with Crippen molar-refractivity contribution in [2.24, 2.45) is 5.16 Å². The number of aromatic amines is 1. The molecule has 8 heteroatoms. The van der Waals surface area contributed by atoms with Crippen molar-refractivity contribution < 1.29 is 15.1 Å². The molecule has 1 unspecified atom stereocenters. The Hall–Kier alpha value is -3.93. The quantitative estimate of drug-likeness (QED) is 0.220. The van der Waals surface area contributed by atoms with E-state index in [-0.39, 0.29) is 5.69 Å². The second-order valence-electron chi connectivity index (χ2n) is 8.50. The zero-order chi connectivity index (χ0) is 24.6. The van der Waals surface area contributed by atoms with Gasteiger partial charge in [-0.2, -0.15) is 0 Å². The van der Waals surface area contributed by atoms with Crippen LogP contribution in [-0.2, 0) is 17.7 Å². The molecule has 1 aromatic heterocycles. The highest BCUT2D eigenvalue weighted by atomic mass is 16.5. The van der Waals surface area contributed by atoms with Crippen molar-refractivity contribution in [3.63, 3.8) is 0 Å². The third-order valence-corrected chi connectivity index (χ3v) is 6.06. The molecule has 2 heterocycles. The highest BCUT2D eigenvalue weighted by Crippen LogP contribution is 2.25. The van der Waals surface area contributed by atoms with Crippen molar-refractivity contribution in [2.75, 3.05) is 26.3 Å². The van der Waals surface area contributed by atoms with Gasteiger partial charge in [-0.25, -0.2) is 4.98 Å². The van der Waals surface area contributed by atoms with Crippen LogP contribution in [0.4, 0.5) is 0 Å². The molecule has 0 amide bonds. The van der Waals surface area contributed by atoms with E-state index in [1.54, 1.807) is 6.92 Å². The minimum absolute atomic E-state index is 0.171. The third kappa shape index (κ3) is 6.35. The van der Waals surface area contributed by atoms with Crippen molar-refractivity contribution in [3.8, 4) is 17.6 Å². The number of hydrogen-bond donors (Lipinski definition) is 3. The molecule has 3 N–H and O–H groups in total. The first-order valence-electron chi connectivity index (χ1n) is 11.5. The summed E-state index contributed by atoms with van der Waals surface area (Å²) in [6, 6.07) is 16.0. The van der Waals surface area contributed by atoms with Gasteiger partial charge in [0.2, 0.25) is 5.75 Å². The molecule has 1 saturated heterocycles. The van der Waals surface area contributed by atoms with Gasteiger partial charge in [0.15, 0.2) is 0 Å². The maximum absolute atomic E-state index is 11.8. The van der Waals surface area contributed by atoms with Crippen LogP contribution in [-0.4, -0.2) is 57.2 Å². The Kier molecular flexibility index (Phi) is 7.93. The Balaban J connectivity index is 1.42. The number of nitrogens with zero attached hydrogens (tertiary/aromatic N) is 3. The smallest absolute Gasteiger partial charge is 0.293 e. The fourth-order valence-corrected chi connectivity index (χ4v) is 3.99. The Labute approximate surface area is 203 Å². The highest BCUT2D eigenvalue weighted by Gasteiger charge is 2.23. The first-order chi connectivity index (χ1) is 17.0. The Bertz CT molecular complexity index is 1280. The van der Waals surface area contributed by atoms with E-state index in [9.17, 15) is 15.1 Å². The number of aromatic hydroxyl groups is 1. The van der Waals surface area contributed by atoms with Crippen molar-refractivity contribution in [1.29, 1.82) is 0 Å². The largest absolute Gasteiger partial charge is 0.502 e. The molecule has 1 atom stereocenters. The predicted molar refractivity (Wildman–Crippen MR) is 133 cm³/mol. The molecule has 1 aliphatic rings. The fourth-order valence-electron chi connectivity index (χ4n) is 3.99. The number of nitrogens with one attached hydrogen (secondary N) is 1. The lowest BCUT2D eigenvalue weighted by Gasteiger charge is -2.26. The minimum atomic E-state index is -0.634. The van der Waals surface area contributed by atoms with E-state index in [1.165, 1.54) is 11.9 Å². The summed E-state index contributed by atoms with van der Waals surface area (Å²) in [6.45, 7) is 6.06. The standard InChI is InChI=1S/C27H28N4O4/c1-19(30-34)24(25-26(32)27(33)29-18-28-25)16-22-8-4-20(5-9-22)2-3-21-6-10-23(11-7-21)17-31-12-14-35-15-13-31/h4-11,18,24,32,34H,12-17H2,1H3,(H,28,29,33)/b30-19+. The zero-order valence-corrected chi connectivity index (χ0v) is 19.6. The number of H-pyrrole nitrogens is 1. The Morgan fingerprint density at radius 2 is 1.69 bits per heavy atom. The summed E-state index contributed by atoms with van der Waals surface area (Å²) < 4.78 is 5.40. The molecule has 3 aromatic rings. The van der Waals surface area contributed by atoms with E-state index in [0.29, 0.717) is 12.1 Å². The van der Waals surface area contributed by atoms with Crippen LogP contribution >= 0.6 is 0 Å². The number of ether oxygens (including phenoxy) is 1. The van der Waals surface area contributed by atoms with Crippen molar-refractivity contribution in [1.82, 2.24) is 14.9 Å². The van der Waals surface area contributed by atoms with Gasteiger partial charge in [0.05, 0.1) is 36.9 Å². The molecule has 0 radical (unpaired) electrons. The molecule has 35 heavy (non-hydrogen) atoms. The van der Waals surface area contributed by atoms with Crippen molar-refractivity contribution in [2.45, 2.75) is 25.8 Å². The molecule has 0 aliphatic carbocycles. The highest BCUT2D eigenvalue weighted by molar-refractivity contribution is 5.88. The molecule has 2 aromatic carbocycles. The summed E-state index contributed by atoms with van der Waals surface area (Å²) in [4.78, 5) is 20.6. The predicted octanol–water partition coefficient (Wildman–Crippen LogP) is 2.88. The van der Waals surface area contributed by atoms with Gasteiger partial charge in [0, 0.05) is 30.8 Å². The van der Waals surface area contributed by atoms with Gasteiger partial charge in [-0.1, -0.05) is 41.3 Å². The molecule has 0 spiro atoms. The van der Waals surface area contributed by atoms with E-state index in [4.69, 9.17) is 4.74 Å². The van der Waals surface area contributed by atoms with Crippen LogP contribution in [0, 0.1) is 11.8 Å². The summed E-state index contributed by atoms with van der Waals surface area (Å²) >= 11 is 0. The van der Waals surface area contributed by atoms with E-state index < -0.39 is 17.2 Å². The Morgan fingerprint density at radius 3 is 2.29 bits per heavy atom. The molecule has 0 saturated carbocycles. The number of aromatic nitrogens is 2. The van der Waals surface area contributed by atoms with E-state index in [0.717, 1.165) is 49.5 Å². The lowest BCUT2D eigenvalue weighted by atomic mass is 9.91. The van der Waals surface area contributed by atoms with Crippen molar-refractivity contribution >= 4 is 5.71 Å². The van der Waals surface area contributed by atoms with Crippen LogP contribution in [0.2, 0.25) is 0 Å². The molecular formula is C27H28N4O4. The average Bonchev–Trinajstić information content (AvgIpc) is 2.89. The first kappa shape index (κ1) is 24.2. The molecule has 0 bridgehead atoms. The van der Waals surface area contributed by atoms with E-state index in [2.05, 4.69) is 44.0 Å². The fraction of sp³-hybridized carbons (Fsp3) is 0.296. The van der Waals surface area contributed by atoms with Crippen LogP contribution in [0.5, 0.6) is 5.75 Å². The van der Waals surface area contributed by atoms with Gasteiger partial charge in [-0.05, 0) is 48.7 Å². The van der Waals surface area contributed by atoms with Crippen molar-refractivity contribution in [3.05, 3.63) is 93.2 Å². The van der Waals surface area contributed by atoms with Gasteiger partial charge in [-0.3, -0.25) is 9.69 Å². The number of oxime groups is 1. The number of benzene rings is 2. The third-order valence-electron chi connectivity index (χ3n) is 6.06. The summed E-state index contributed by atoms with van der Waals surface area (Å²) in [6.07, 6.45) is 1.63. The lowest BCUT2D eigenvalue weighted by molar-refractivity contribution is 0.0342. The lowest BCUT2D eigenvalue weighted by Crippen LogP contribution is -2.35. The Morgan fingerprint density at radius 1 is 1.09 bits per heavy atom. The molecular weight excluding hydrogens is 444 g/mol. The average molecular weight is 473 g/mol. The van der Waals surface area contributed by atoms with Crippen LogP contribution in [0.3, 0.4) is 0 Å². The molecule has 8 nitrogen and oxygen atoms in total. The minimum Gasteiger partial charge on any atom is -0.502 e. The zero-order valence-electron chi connectivity index (χ0n) is 19.6. The molecule has 1 fully saturated rings. The van der Waals surface area contributed by atoms with Crippen LogP contribution in [0.1, 0.15) is 40.8 Å². The van der Waals surface area contributed by atoms with Crippen LogP contribution in [0.25, 0.3) is 0 Å². The van der Waals surface area contributed by atoms with Gasteiger partial charge < -0.3 is 20.0 Å². The summed E-state index contributed by atoms with van der Waals surface area (Å²) in [5.41, 5.74) is 3.89. The molecule has 4 rings (SSSR count). The van der Waals surface area contributed by atoms with Gasteiger partial charge in [0.25, 0.3) is 5.56 Å². The van der Waals surface area contributed by atoms with Gasteiger partial charge in [-0.15, -0.1) is 0 Å². The number of hydrogen-bond acceptors (Lipinski definition) is 7. The second kappa shape index (κ2) is 11.5. The molecule has 180 valence electrons. The van der Waals surface area contributed by atoms with Crippen LogP contribution < -0.4 is 5.56 Å². The summed E-state index contributed by atoms with van der Waals surface area (Å²) in [5.74, 6) is 5.37. The number of rotatable bonds is 6. The van der Waals surface area contributed by atoms with Gasteiger partial charge >= 0.3 is 0 Å². The van der Waals surface area contributed by atoms with E-state index in [1.807, 2.05) is 36.4 Å².